The molecule has 0 bridgehead atoms. The van der Waals surface area contributed by atoms with Gasteiger partial charge < -0.3 is 15.4 Å². The topological polar surface area (TPSA) is 109 Å². The average molecular weight is 473 g/mol. The van der Waals surface area contributed by atoms with E-state index in [9.17, 15) is 14.4 Å². The van der Waals surface area contributed by atoms with Crippen LogP contribution in [-0.4, -0.2) is 37.1 Å². The van der Waals surface area contributed by atoms with Crippen molar-refractivity contribution in [2.45, 2.75) is 19.8 Å². The van der Waals surface area contributed by atoms with Crippen molar-refractivity contribution < 1.29 is 19.1 Å². The summed E-state index contributed by atoms with van der Waals surface area (Å²) in [4.78, 5) is 35.9. The third-order valence-electron chi connectivity index (χ3n) is 5.00. The molecule has 0 heterocycles. The highest BCUT2D eigenvalue weighted by molar-refractivity contribution is 6.35. The third kappa shape index (κ3) is 8.77. The first kappa shape index (κ1) is 25.2. The van der Waals surface area contributed by atoms with Crippen molar-refractivity contribution in [3.63, 3.8) is 0 Å². The van der Waals surface area contributed by atoms with Crippen LogP contribution in [0.2, 0.25) is 0 Å². The van der Waals surface area contributed by atoms with Gasteiger partial charge in [0.2, 0.25) is 0 Å². The molecule has 35 heavy (non-hydrogen) atoms. The normalized spacial score (nSPS) is 10.5. The second kappa shape index (κ2) is 13.3. The molecule has 180 valence electrons. The van der Waals surface area contributed by atoms with Gasteiger partial charge in [-0.1, -0.05) is 61.5 Å². The number of hydrogen-bond donors (Lipinski definition) is 3. The molecule has 3 aromatic rings. The first-order valence-electron chi connectivity index (χ1n) is 11.3. The van der Waals surface area contributed by atoms with Crippen molar-refractivity contribution in [3.05, 3.63) is 95.6 Å². The van der Waals surface area contributed by atoms with E-state index < -0.39 is 11.8 Å². The molecule has 0 radical (unpaired) electrons. The molecule has 8 nitrogen and oxygen atoms in total. The van der Waals surface area contributed by atoms with Gasteiger partial charge in [0, 0.05) is 12.2 Å². The van der Waals surface area contributed by atoms with Gasteiger partial charge in [-0.25, -0.2) is 5.43 Å². The van der Waals surface area contributed by atoms with Crippen LogP contribution >= 0.6 is 0 Å². The molecule has 3 amide bonds. The number of nitrogens with zero attached hydrogens (tertiary/aromatic N) is 1. The highest BCUT2D eigenvalue weighted by atomic mass is 16.5. The summed E-state index contributed by atoms with van der Waals surface area (Å²) in [6, 6.07) is 24.1. The zero-order valence-electron chi connectivity index (χ0n) is 19.5. The van der Waals surface area contributed by atoms with Crippen LogP contribution in [0.25, 0.3) is 0 Å². The monoisotopic (exact) mass is 472 g/mol. The predicted molar refractivity (Wildman–Crippen MR) is 135 cm³/mol. The number of carbonyl (C=O) groups is 3. The molecule has 0 aliphatic heterocycles. The highest BCUT2D eigenvalue weighted by Crippen LogP contribution is 2.13. The Morgan fingerprint density at radius 1 is 0.886 bits per heavy atom. The zero-order chi connectivity index (χ0) is 24.9. The van der Waals surface area contributed by atoms with Crippen molar-refractivity contribution in [3.8, 4) is 5.75 Å². The molecule has 0 unspecified atom stereocenters. The molecule has 8 heteroatoms. The Bertz CT molecular complexity index is 1160. The molecule has 0 aliphatic carbocycles. The quantitative estimate of drug-likeness (QED) is 0.239. The number of amides is 3. The van der Waals surface area contributed by atoms with Crippen LogP contribution in [0.5, 0.6) is 5.75 Å². The summed E-state index contributed by atoms with van der Waals surface area (Å²) in [5.41, 5.74) is 5.79. The summed E-state index contributed by atoms with van der Waals surface area (Å²) in [6.45, 7) is 2.26. The molecule has 0 fully saturated rings. The number of hydrazone groups is 1. The van der Waals surface area contributed by atoms with E-state index in [-0.39, 0.29) is 12.5 Å². The van der Waals surface area contributed by atoms with E-state index in [1.807, 2.05) is 54.6 Å². The Morgan fingerprint density at radius 3 is 2.40 bits per heavy atom. The number of benzene rings is 3. The van der Waals surface area contributed by atoms with Gasteiger partial charge in [-0.15, -0.1) is 0 Å². The van der Waals surface area contributed by atoms with Crippen LogP contribution in [0, 0.1) is 0 Å². The number of rotatable bonds is 10. The van der Waals surface area contributed by atoms with Crippen LogP contribution in [0.4, 0.5) is 5.69 Å². The fraction of sp³-hybridized carbons (Fsp3) is 0.185. The van der Waals surface area contributed by atoms with Crippen LogP contribution in [0.3, 0.4) is 0 Å². The number of ether oxygens (including phenoxy) is 1. The predicted octanol–water partition coefficient (Wildman–Crippen LogP) is 3.08. The van der Waals surface area contributed by atoms with Crippen molar-refractivity contribution >= 4 is 29.6 Å². The number of hydrogen-bond acceptors (Lipinski definition) is 5. The maximum absolute atomic E-state index is 12.1. The van der Waals surface area contributed by atoms with E-state index in [2.05, 4.69) is 28.1 Å². The second-order valence-electron chi connectivity index (χ2n) is 7.65. The lowest BCUT2D eigenvalue weighted by Crippen LogP contribution is -2.38. The summed E-state index contributed by atoms with van der Waals surface area (Å²) in [5.74, 6) is -1.43. The van der Waals surface area contributed by atoms with Crippen LogP contribution in [0.1, 0.15) is 23.6 Å². The van der Waals surface area contributed by atoms with Gasteiger partial charge in [-0.05, 0) is 53.8 Å². The molecule has 0 atom stereocenters. The van der Waals surface area contributed by atoms with Gasteiger partial charge in [0.05, 0.1) is 6.21 Å². The van der Waals surface area contributed by atoms with E-state index in [0.717, 1.165) is 12.0 Å². The Labute approximate surface area is 204 Å². The zero-order valence-corrected chi connectivity index (χ0v) is 19.5. The van der Waals surface area contributed by atoms with Crippen LogP contribution < -0.4 is 20.8 Å². The van der Waals surface area contributed by atoms with Crippen molar-refractivity contribution in [1.82, 2.24) is 10.7 Å². The standard InChI is InChI=1S/C27H28N4O4/c1-2-20-11-13-23(14-12-20)30-25(32)19-35-24-10-6-9-22(17-24)18-29-31-27(34)26(33)28-16-15-21-7-4-3-5-8-21/h3-14,17-18H,2,15-16,19H2,1H3,(H,28,33)(H,30,32)(H,31,34)/b29-18-. The third-order valence-corrected chi connectivity index (χ3v) is 5.00. The molecule has 3 aromatic carbocycles. The molecule has 0 aromatic heterocycles. The first-order chi connectivity index (χ1) is 17.0. The summed E-state index contributed by atoms with van der Waals surface area (Å²) in [6.07, 6.45) is 2.94. The largest absolute Gasteiger partial charge is 0.484 e. The highest BCUT2D eigenvalue weighted by Gasteiger charge is 2.11. The molecule has 3 rings (SSSR count). The minimum atomic E-state index is -0.856. The number of anilines is 1. The van der Waals surface area contributed by atoms with Crippen LogP contribution in [-0.2, 0) is 27.2 Å². The average Bonchev–Trinajstić information content (AvgIpc) is 2.88. The SMILES string of the molecule is CCc1ccc(NC(=O)COc2cccc(/C=N\NC(=O)C(=O)NCCc3ccccc3)c2)cc1. The van der Waals surface area contributed by atoms with E-state index in [1.165, 1.54) is 11.8 Å². The Kier molecular flexibility index (Phi) is 9.56. The fourth-order valence-electron chi connectivity index (χ4n) is 3.12. The van der Waals surface area contributed by atoms with Crippen molar-refractivity contribution in [2.24, 2.45) is 5.10 Å². The van der Waals surface area contributed by atoms with Gasteiger partial charge in [0.1, 0.15) is 5.75 Å². The minimum absolute atomic E-state index is 0.157. The van der Waals surface area contributed by atoms with E-state index in [4.69, 9.17) is 4.74 Å². The second-order valence-corrected chi connectivity index (χ2v) is 7.65. The van der Waals surface area contributed by atoms with Gasteiger partial charge in [0.15, 0.2) is 6.61 Å². The lowest BCUT2D eigenvalue weighted by molar-refractivity contribution is -0.139. The maximum atomic E-state index is 12.1. The summed E-state index contributed by atoms with van der Waals surface area (Å²) in [7, 11) is 0. The summed E-state index contributed by atoms with van der Waals surface area (Å²) >= 11 is 0. The van der Waals surface area contributed by atoms with Crippen molar-refractivity contribution in [1.29, 1.82) is 0 Å². The Morgan fingerprint density at radius 2 is 1.66 bits per heavy atom. The number of carbonyl (C=O) groups excluding carboxylic acids is 3. The fourth-order valence-corrected chi connectivity index (χ4v) is 3.12. The van der Waals surface area contributed by atoms with Gasteiger partial charge in [-0.3, -0.25) is 14.4 Å². The van der Waals surface area contributed by atoms with Gasteiger partial charge >= 0.3 is 11.8 Å². The maximum Gasteiger partial charge on any atom is 0.329 e. The lowest BCUT2D eigenvalue weighted by atomic mass is 10.1. The van der Waals surface area contributed by atoms with E-state index >= 15 is 0 Å². The number of aryl methyl sites for hydroxylation is 1. The van der Waals surface area contributed by atoms with Crippen LogP contribution in [0.15, 0.2) is 84.0 Å². The Balaban J connectivity index is 1.40. The van der Waals surface area contributed by atoms with Gasteiger partial charge in [-0.2, -0.15) is 5.10 Å². The smallest absolute Gasteiger partial charge is 0.329 e. The van der Waals surface area contributed by atoms with E-state index in [1.54, 1.807) is 24.3 Å². The van der Waals surface area contributed by atoms with Gasteiger partial charge in [0.25, 0.3) is 5.91 Å². The summed E-state index contributed by atoms with van der Waals surface area (Å²) in [5, 5.41) is 9.15. The summed E-state index contributed by atoms with van der Waals surface area (Å²) < 4.78 is 5.55. The molecule has 0 aliphatic rings. The van der Waals surface area contributed by atoms with E-state index in [0.29, 0.717) is 30.0 Å². The number of nitrogens with one attached hydrogen (secondary N) is 3. The molecular formula is C27H28N4O4. The Hall–Kier alpha value is -4.46. The molecule has 0 saturated carbocycles. The first-order valence-corrected chi connectivity index (χ1v) is 11.3. The molecule has 3 N–H and O–H groups in total. The molecule has 0 spiro atoms. The van der Waals surface area contributed by atoms with Crippen molar-refractivity contribution in [2.75, 3.05) is 18.5 Å². The minimum Gasteiger partial charge on any atom is -0.484 e. The molecule has 0 saturated heterocycles. The lowest BCUT2D eigenvalue weighted by Gasteiger charge is -2.08. The molecular weight excluding hydrogens is 444 g/mol.